The minimum Gasteiger partial charge on any atom is -0.481 e. The normalized spacial score (nSPS) is 11.8. The number of carbonyl (C=O) groups excluding carboxylic acids is 1. The summed E-state index contributed by atoms with van der Waals surface area (Å²) in [6.45, 7) is 1.89. The number of benzene rings is 3. The summed E-state index contributed by atoms with van der Waals surface area (Å²) in [5, 5.41) is 4.05. The molecule has 0 aromatic heterocycles. The second kappa shape index (κ2) is 10.4. The van der Waals surface area contributed by atoms with Crippen LogP contribution in [0.3, 0.4) is 0 Å². The van der Waals surface area contributed by atoms with Gasteiger partial charge in [-0.15, -0.1) is 0 Å². The third-order valence-corrected chi connectivity index (χ3v) is 4.46. The van der Waals surface area contributed by atoms with Crippen LogP contribution in [-0.4, -0.2) is 18.2 Å². The second-order valence-corrected chi connectivity index (χ2v) is 7.11. The molecule has 0 fully saturated rings. The van der Waals surface area contributed by atoms with Crippen LogP contribution >= 0.6 is 15.9 Å². The summed E-state index contributed by atoms with van der Waals surface area (Å²) in [5.74, 6) is 1.76. The van der Waals surface area contributed by atoms with Gasteiger partial charge in [-0.05, 0) is 54.4 Å². The van der Waals surface area contributed by atoms with Crippen molar-refractivity contribution in [3.8, 4) is 17.2 Å². The highest BCUT2D eigenvalue weighted by Crippen LogP contribution is 2.21. The van der Waals surface area contributed by atoms with Gasteiger partial charge in [-0.1, -0.05) is 59.3 Å². The molecule has 0 spiro atoms. The van der Waals surface area contributed by atoms with Crippen molar-refractivity contribution in [2.24, 2.45) is 5.10 Å². The maximum absolute atomic E-state index is 12.4. The van der Waals surface area contributed by atoms with Gasteiger partial charge in [0.15, 0.2) is 6.10 Å². The van der Waals surface area contributed by atoms with Crippen molar-refractivity contribution in [3.63, 3.8) is 0 Å². The fraction of sp³-hybridized carbons (Fsp3) is 0.130. The van der Waals surface area contributed by atoms with Gasteiger partial charge in [0.2, 0.25) is 0 Å². The molecule has 148 valence electrons. The summed E-state index contributed by atoms with van der Waals surface area (Å²) in [5.41, 5.74) is 3.34. The third kappa shape index (κ3) is 6.47. The molecule has 0 saturated carbocycles. The summed E-state index contributed by atoms with van der Waals surface area (Å²) < 4.78 is 12.5. The second-order valence-electron chi connectivity index (χ2n) is 6.19. The van der Waals surface area contributed by atoms with Crippen LogP contribution in [0.1, 0.15) is 18.9 Å². The first kappa shape index (κ1) is 20.6. The zero-order valence-corrected chi connectivity index (χ0v) is 17.5. The highest BCUT2D eigenvalue weighted by molar-refractivity contribution is 9.10. The van der Waals surface area contributed by atoms with Gasteiger partial charge in [-0.3, -0.25) is 4.79 Å². The Labute approximate surface area is 178 Å². The number of amides is 1. The molecule has 29 heavy (non-hydrogen) atoms. The van der Waals surface area contributed by atoms with Gasteiger partial charge in [0.25, 0.3) is 5.91 Å². The molecule has 0 aliphatic heterocycles. The maximum atomic E-state index is 12.4. The summed E-state index contributed by atoms with van der Waals surface area (Å²) in [6, 6.07) is 24.4. The molecule has 1 atom stereocenters. The van der Waals surface area contributed by atoms with Crippen LogP contribution in [-0.2, 0) is 4.79 Å². The molecule has 0 radical (unpaired) electrons. The van der Waals surface area contributed by atoms with Crippen LogP contribution < -0.4 is 14.9 Å². The molecular formula is C23H21BrN2O3. The van der Waals surface area contributed by atoms with Gasteiger partial charge in [0, 0.05) is 4.47 Å². The van der Waals surface area contributed by atoms with E-state index in [0.29, 0.717) is 17.9 Å². The molecule has 3 aromatic carbocycles. The molecule has 1 N–H and O–H groups in total. The van der Waals surface area contributed by atoms with E-state index in [9.17, 15) is 4.79 Å². The van der Waals surface area contributed by atoms with Crippen molar-refractivity contribution < 1.29 is 14.3 Å². The van der Waals surface area contributed by atoms with Gasteiger partial charge in [-0.2, -0.15) is 5.10 Å². The first-order valence-corrected chi connectivity index (χ1v) is 10.0. The van der Waals surface area contributed by atoms with E-state index in [2.05, 4.69) is 26.5 Å². The Balaban J connectivity index is 1.58. The molecule has 5 nitrogen and oxygen atoms in total. The van der Waals surface area contributed by atoms with E-state index in [4.69, 9.17) is 9.47 Å². The van der Waals surface area contributed by atoms with Crippen LogP contribution in [0.2, 0.25) is 0 Å². The van der Waals surface area contributed by atoms with Crippen LogP contribution in [0.4, 0.5) is 0 Å². The molecule has 0 saturated heterocycles. The molecule has 3 rings (SSSR count). The number of nitrogens with one attached hydrogen (secondary N) is 1. The number of carbonyl (C=O) groups is 1. The van der Waals surface area contributed by atoms with E-state index in [1.54, 1.807) is 6.21 Å². The Kier molecular flexibility index (Phi) is 7.41. The van der Waals surface area contributed by atoms with Gasteiger partial charge < -0.3 is 9.47 Å². The predicted molar refractivity (Wildman–Crippen MR) is 118 cm³/mol. The van der Waals surface area contributed by atoms with Crippen molar-refractivity contribution in [2.45, 2.75) is 19.4 Å². The van der Waals surface area contributed by atoms with Crippen LogP contribution in [0.25, 0.3) is 0 Å². The van der Waals surface area contributed by atoms with Gasteiger partial charge in [-0.25, -0.2) is 5.43 Å². The summed E-state index contributed by atoms with van der Waals surface area (Å²) in [4.78, 5) is 12.4. The predicted octanol–water partition coefficient (Wildman–Crippen LogP) is 5.55. The van der Waals surface area contributed by atoms with E-state index in [0.717, 1.165) is 15.8 Å². The number of rotatable bonds is 8. The van der Waals surface area contributed by atoms with Gasteiger partial charge in [0.05, 0.1) is 6.21 Å². The van der Waals surface area contributed by atoms with Crippen molar-refractivity contribution in [1.82, 2.24) is 5.43 Å². The Morgan fingerprint density at radius 2 is 1.72 bits per heavy atom. The fourth-order valence-corrected chi connectivity index (χ4v) is 2.93. The number of nitrogens with zero attached hydrogens (tertiary/aromatic N) is 1. The quantitative estimate of drug-likeness (QED) is 0.360. The number of ether oxygens (including phenoxy) is 2. The Morgan fingerprint density at radius 3 is 2.48 bits per heavy atom. The average Bonchev–Trinajstić information content (AvgIpc) is 2.73. The zero-order valence-electron chi connectivity index (χ0n) is 15.9. The van der Waals surface area contributed by atoms with Crippen LogP contribution in [0.15, 0.2) is 88.4 Å². The number of para-hydroxylation sites is 1. The Morgan fingerprint density at radius 1 is 1.00 bits per heavy atom. The molecule has 0 bridgehead atoms. The van der Waals surface area contributed by atoms with E-state index in [1.165, 1.54) is 0 Å². The van der Waals surface area contributed by atoms with E-state index in [1.807, 2.05) is 85.8 Å². The standard InChI is InChI=1S/C23H21BrN2O3/c1-2-22(29-21-13-7-9-18(24)15-21)23(27)26-25-16-17-8-6-12-20(14-17)28-19-10-4-3-5-11-19/h3-16,22H,2H2,1H3,(H,26,27)/b25-16+. The van der Waals surface area contributed by atoms with E-state index >= 15 is 0 Å². The fourth-order valence-electron chi connectivity index (χ4n) is 2.55. The van der Waals surface area contributed by atoms with Crippen molar-refractivity contribution in [2.75, 3.05) is 0 Å². The first-order chi connectivity index (χ1) is 14.1. The molecule has 0 aliphatic carbocycles. The highest BCUT2D eigenvalue weighted by atomic mass is 79.9. The number of hydrogen-bond acceptors (Lipinski definition) is 4. The van der Waals surface area contributed by atoms with Crippen LogP contribution in [0, 0.1) is 0 Å². The maximum Gasteiger partial charge on any atom is 0.281 e. The van der Waals surface area contributed by atoms with Crippen LogP contribution in [0.5, 0.6) is 17.2 Å². The topological polar surface area (TPSA) is 59.9 Å². The lowest BCUT2D eigenvalue weighted by atomic mass is 10.2. The Bertz CT molecular complexity index is 977. The highest BCUT2D eigenvalue weighted by Gasteiger charge is 2.17. The smallest absolute Gasteiger partial charge is 0.281 e. The number of hydrogen-bond donors (Lipinski definition) is 1. The number of halogens is 1. The SMILES string of the molecule is CCC(Oc1cccc(Br)c1)C(=O)N/N=C/c1cccc(Oc2ccccc2)c1. The lowest BCUT2D eigenvalue weighted by Crippen LogP contribution is -2.35. The molecular weight excluding hydrogens is 432 g/mol. The summed E-state index contributed by atoms with van der Waals surface area (Å²) >= 11 is 3.39. The van der Waals surface area contributed by atoms with Gasteiger partial charge >= 0.3 is 0 Å². The monoisotopic (exact) mass is 452 g/mol. The Hall–Kier alpha value is -3.12. The minimum atomic E-state index is -0.630. The van der Waals surface area contributed by atoms with Gasteiger partial charge in [0.1, 0.15) is 17.2 Å². The van der Waals surface area contributed by atoms with Crippen molar-refractivity contribution in [3.05, 3.63) is 88.9 Å². The summed E-state index contributed by atoms with van der Waals surface area (Å²) in [6.07, 6.45) is 1.46. The van der Waals surface area contributed by atoms with Crippen molar-refractivity contribution >= 4 is 28.1 Å². The van der Waals surface area contributed by atoms with E-state index < -0.39 is 6.10 Å². The zero-order chi connectivity index (χ0) is 20.5. The lowest BCUT2D eigenvalue weighted by Gasteiger charge is -2.15. The molecule has 0 heterocycles. The van der Waals surface area contributed by atoms with E-state index in [-0.39, 0.29) is 5.91 Å². The molecule has 6 heteroatoms. The first-order valence-electron chi connectivity index (χ1n) is 9.22. The lowest BCUT2D eigenvalue weighted by molar-refractivity contribution is -0.128. The van der Waals surface area contributed by atoms with Crippen molar-refractivity contribution in [1.29, 1.82) is 0 Å². The molecule has 1 amide bonds. The number of hydrazone groups is 1. The largest absolute Gasteiger partial charge is 0.481 e. The molecule has 0 aliphatic rings. The average molecular weight is 453 g/mol. The minimum absolute atomic E-state index is 0.305. The molecule has 3 aromatic rings. The third-order valence-electron chi connectivity index (χ3n) is 3.96. The summed E-state index contributed by atoms with van der Waals surface area (Å²) in [7, 11) is 0. The molecule has 1 unspecified atom stereocenters.